The predicted molar refractivity (Wildman–Crippen MR) is 81.4 cm³/mol. The van der Waals surface area contributed by atoms with Crippen molar-refractivity contribution in [3.05, 3.63) is 17.5 Å². The second-order valence-corrected chi connectivity index (χ2v) is 7.72. The van der Waals surface area contributed by atoms with E-state index < -0.39 is 10.0 Å². The number of aryl methyl sites for hydroxylation is 1. The van der Waals surface area contributed by atoms with E-state index in [9.17, 15) is 8.42 Å². The van der Waals surface area contributed by atoms with Crippen LogP contribution in [-0.4, -0.2) is 54.7 Å². The van der Waals surface area contributed by atoms with Crippen LogP contribution in [0.2, 0.25) is 0 Å². The third-order valence-corrected chi connectivity index (χ3v) is 5.72. The minimum absolute atomic E-state index is 0.270. The summed E-state index contributed by atoms with van der Waals surface area (Å²) in [6.45, 7) is 7.45. The lowest BCUT2D eigenvalue weighted by Crippen LogP contribution is -2.36. The molecular formula is C14H25N3O3S. The lowest BCUT2D eigenvalue weighted by atomic mass is 10.3. The van der Waals surface area contributed by atoms with Gasteiger partial charge in [-0.3, -0.25) is 4.90 Å². The number of hydrogen-bond donors (Lipinski definition) is 0. The van der Waals surface area contributed by atoms with Gasteiger partial charge in [-0.2, -0.15) is 0 Å². The first-order valence-corrected chi connectivity index (χ1v) is 9.24. The van der Waals surface area contributed by atoms with Gasteiger partial charge in [0.05, 0.1) is 11.4 Å². The van der Waals surface area contributed by atoms with E-state index in [1.165, 1.54) is 0 Å². The van der Waals surface area contributed by atoms with Crippen molar-refractivity contribution in [3.8, 4) is 0 Å². The van der Waals surface area contributed by atoms with Crippen LogP contribution in [0.3, 0.4) is 0 Å². The summed E-state index contributed by atoms with van der Waals surface area (Å²) in [7, 11) is -3.09. The van der Waals surface area contributed by atoms with Crippen molar-refractivity contribution in [2.45, 2.75) is 39.7 Å². The van der Waals surface area contributed by atoms with Gasteiger partial charge >= 0.3 is 0 Å². The van der Waals surface area contributed by atoms with Gasteiger partial charge in [-0.05, 0) is 26.3 Å². The Kier molecular flexibility index (Phi) is 5.78. The SMILES string of the molecule is CCCCS(=O)(=O)N1CCCN(Cc2cc(C)on2)CC1. The van der Waals surface area contributed by atoms with Crippen LogP contribution in [0, 0.1) is 6.92 Å². The van der Waals surface area contributed by atoms with Crippen molar-refractivity contribution >= 4 is 10.0 Å². The second-order valence-electron chi connectivity index (χ2n) is 5.63. The summed E-state index contributed by atoms with van der Waals surface area (Å²) in [6.07, 6.45) is 2.51. The van der Waals surface area contributed by atoms with Crippen LogP contribution < -0.4 is 0 Å². The van der Waals surface area contributed by atoms with E-state index >= 15 is 0 Å². The van der Waals surface area contributed by atoms with Gasteiger partial charge in [-0.15, -0.1) is 0 Å². The van der Waals surface area contributed by atoms with E-state index in [0.29, 0.717) is 13.1 Å². The summed E-state index contributed by atoms with van der Waals surface area (Å²) in [5.74, 6) is 1.08. The Balaban J connectivity index is 1.89. The topological polar surface area (TPSA) is 66.7 Å². The molecule has 1 aliphatic rings. The fourth-order valence-electron chi connectivity index (χ4n) is 2.56. The van der Waals surface area contributed by atoms with E-state index in [4.69, 9.17) is 4.52 Å². The summed E-state index contributed by atoms with van der Waals surface area (Å²) < 4.78 is 31.2. The molecule has 0 N–H and O–H groups in total. The molecule has 2 rings (SSSR count). The maximum atomic E-state index is 12.2. The Bertz CT molecular complexity index is 541. The Hall–Kier alpha value is -0.920. The highest BCUT2D eigenvalue weighted by molar-refractivity contribution is 7.89. The molecule has 6 nitrogen and oxygen atoms in total. The summed E-state index contributed by atoms with van der Waals surface area (Å²) in [5.41, 5.74) is 0.912. The average molecular weight is 315 g/mol. The number of aromatic nitrogens is 1. The third kappa shape index (κ3) is 4.79. The Morgan fingerprint density at radius 2 is 2.10 bits per heavy atom. The molecule has 0 radical (unpaired) electrons. The van der Waals surface area contributed by atoms with Crippen molar-refractivity contribution in [1.29, 1.82) is 0 Å². The number of rotatable bonds is 6. The number of unbranched alkanes of at least 4 members (excludes halogenated alkanes) is 1. The van der Waals surface area contributed by atoms with E-state index in [1.54, 1.807) is 4.31 Å². The molecule has 1 aromatic heterocycles. The smallest absolute Gasteiger partial charge is 0.214 e. The molecule has 0 atom stereocenters. The minimum atomic E-state index is -3.09. The molecule has 1 aromatic rings. The average Bonchev–Trinajstić information content (AvgIpc) is 2.71. The standard InChI is InChI=1S/C14H25N3O3S/c1-3-4-10-21(18,19)17-7-5-6-16(8-9-17)12-14-11-13(2)20-15-14/h11H,3-10,12H2,1-2H3. The molecule has 1 saturated heterocycles. The van der Waals surface area contributed by atoms with Crippen LogP contribution >= 0.6 is 0 Å². The van der Waals surface area contributed by atoms with Crippen LogP contribution in [-0.2, 0) is 16.6 Å². The van der Waals surface area contributed by atoms with Gasteiger partial charge in [0, 0.05) is 32.2 Å². The first-order valence-electron chi connectivity index (χ1n) is 7.63. The van der Waals surface area contributed by atoms with Gasteiger partial charge in [0.1, 0.15) is 5.76 Å². The van der Waals surface area contributed by atoms with E-state index in [-0.39, 0.29) is 5.75 Å². The van der Waals surface area contributed by atoms with Crippen LogP contribution in [0.25, 0.3) is 0 Å². The number of sulfonamides is 1. The van der Waals surface area contributed by atoms with Gasteiger partial charge in [-0.1, -0.05) is 18.5 Å². The van der Waals surface area contributed by atoms with Crippen molar-refractivity contribution < 1.29 is 12.9 Å². The van der Waals surface area contributed by atoms with E-state index in [2.05, 4.69) is 10.1 Å². The third-order valence-electron chi connectivity index (χ3n) is 3.76. The van der Waals surface area contributed by atoms with Gasteiger partial charge in [0.2, 0.25) is 10.0 Å². The molecule has 0 amide bonds. The maximum Gasteiger partial charge on any atom is 0.214 e. The Morgan fingerprint density at radius 1 is 1.29 bits per heavy atom. The molecule has 7 heteroatoms. The fraction of sp³-hybridized carbons (Fsp3) is 0.786. The predicted octanol–water partition coefficient (Wildman–Crippen LogP) is 1.62. The van der Waals surface area contributed by atoms with Crippen molar-refractivity contribution in [2.75, 3.05) is 31.9 Å². The molecule has 0 aromatic carbocycles. The molecule has 2 heterocycles. The number of hydrogen-bond acceptors (Lipinski definition) is 5. The molecule has 0 aliphatic carbocycles. The zero-order chi connectivity index (χ0) is 15.3. The molecule has 1 aliphatic heterocycles. The molecule has 1 fully saturated rings. The molecule has 21 heavy (non-hydrogen) atoms. The highest BCUT2D eigenvalue weighted by Crippen LogP contribution is 2.13. The molecular weight excluding hydrogens is 290 g/mol. The van der Waals surface area contributed by atoms with Crippen LogP contribution in [0.15, 0.2) is 10.6 Å². The quantitative estimate of drug-likeness (QED) is 0.798. The van der Waals surface area contributed by atoms with Crippen molar-refractivity contribution in [2.24, 2.45) is 0 Å². The van der Waals surface area contributed by atoms with Gasteiger partial charge in [0.15, 0.2) is 0 Å². The van der Waals surface area contributed by atoms with Crippen molar-refractivity contribution in [1.82, 2.24) is 14.4 Å². The van der Waals surface area contributed by atoms with Crippen LogP contribution in [0.1, 0.15) is 37.6 Å². The summed E-state index contributed by atoms with van der Waals surface area (Å²) in [5, 5.41) is 4.00. The highest BCUT2D eigenvalue weighted by Gasteiger charge is 2.24. The van der Waals surface area contributed by atoms with Crippen LogP contribution in [0.5, 0.6) is 0 Å². The normalized spacial score (nSPS) is 18.8. The summed E-state index contributed by atoms with van der Waals surface area (Å²) in [4.78, 5) is 2.24. The monoisotopic (exact) mass is 315 g/mol. The zero-order valence-electron chi connectivity index (χ0n) is 12.9. The summed E-state index contributed by atoms with van der Waals surface area (Å²) in [6, 6.07) is 1.93. The highest BCUT2D eigenvalue weighted by atomic mass is 32.2. The fourth-order valence-corrected chi connectivity index (χ4v) is 4.24. The van der Waals surface area contributed by atoms with Crippen LogP contribution in [0.4, 0.5) is 0 Å². The van der Waals surface area contributed by atoms with Gasteiger partial charge < -0.3 is 4.52 Å². The Morgan fingerprint density at radius 3 is 2.76 bits per heavy atom. The lowest BCUT2D eigenvalue weighted by molar-refractivity contribution is 0.268. The zero-order valence-corrected chi connectivity index (χ0v) is 13.7. The maximum absolute atomic E-state index is 12.2. The minimum Gasteiger partial charge on any atom is -0.361 e. The second kappa shape index (κ2) is 7.38. The number of nitrogens with zero attached hydrogens (tertiary/aromatic N) is 3. The first-order chi connectivity index (χ1) is 10.0. The molecule has 0 spiro atoms. The van der Waals surface area contributed by atoms with E-state index in [1.807, 2.05) is 19.9 Å². The molecule has 120 valence electrons. The van der Waals surface area contributed by atoms with Crippen molar-refractivity contribution in [3.63, 3.8) is 0 Å². The largest absolute Gasteiger partial charge is 0.361 e. The first kappa shape index (κ1) is 16.5. The van der Waals surface area contributed by atoms with Gasteiger partial charge in [0.25, 0.3) is 0 Å². The Labute approximate surface area is 127 Å². The molecule has 0 saturated carbocycles. The van der Waals surface area contributed by atoms with E-state index in [0.717, 1.165) is 50.4 Å². The molecule has 0 unspecified atom stereocenters. The molecule has 0 bridgehead atoms. The van der Waals surface area contributed by atoms with Gasteiger partial charge in [-0.25, -0.2) is 12.7 Å². The lowest BCUT2D eigenvalue weighted by Gasteiger charge is -2.21. The summed E-state index contributed by atoms with van der Waals surface area (Å²) >= 11 is 0.